The normalized spacial score (nSPS) is 12.8. The summed E-state index contributed by atoms with van der Waals surface area (Å²) in [5.74, 6) is 0.618. The van der Waals surface area contributed by atoms with Crippen molar-refractivity contribution in [3.8, 4) is 0 Å². The zero-order chi connectivity index (χ0) is 18.9. The minimum Gasteiger partial charge on any atom is -0.459 e. The Hall–Kier alpha value is -2.91. The van der Waals surface area contributed by atoms with Gasteiger partial charge in [0.25, 0.3) is 5.69 Å². The lowest BCUT2D eigenvalue weighted by molar-refractivity contribution is -0.384. The second-order valence-electron chi connectivity index (χ2n) is 5.70. The van der Waals surface area contributed by atoms with Crippen molar-refractivity contribution in [2.24, 2.45) is 0 Å². The van der Waals surface area contributed by atoms with Crippen LogP contribution < -0.4 is 10.0 Å². The number of nitro groups is 1. The zero-order valence-corrected chi connectivity index (χ0v) is 14.9. The van der Waals surface area contributed by atoms with Crippen molar-refractivity contribution in [1.82, 2.24) is 4.72 Å². The molecule has 0 aliphatic rings. The summed E-state index contributed by atoms with van der Waals surface area (Å²) in [6, 6.07) is 12.7. The van der Waals surface area contributed by atoms with Crippen molar-refractivity contribution < 1.29 is 17.8 Å². The van der Waals surface area contributed by atoms with Crippen molar-refractivity contribution in [3.05, 3.63) is 64.4 Å². The SMILES string of the molecule is CNS(=O)(=O)c1ccc(N[C@@H](C)c2cc3ccccc3o2)c([N+](=O)[O-])c1. The first kappa shape index (κ1) is 17.9. The summed E-state index contributed by atoms with van der Waals surface area (Å²) in [6.07, 6.45) is 0. The quantitative estimate of drug-likeness (QED) is 0.504. The molecule has 0 bridgehead atoms. The van der Waals surface area contributed by atoms with Gasteiger partial charge in [-0.25, -0.2) is 13.1 Å². The van der Waals surface area contributed by atoms with Gasteiger partial charge in [0.1, 0.15) is 17.0 Å². The van der Waals surface area contributed by atoms with Gasteiger partial charge in [0.2, 0.25) is 10.0 Å². The van der Waals surface area contributed by atoms with Crippen LogP contribution in [0.3, 0.4) is 0 Å². The lowest BCUT2D eigenvalue weighted by atomic mass is 10.2. The van der Waals surface area contributed by atoms with Crippen molar-refractivity contribution in [2.45, 2.75) is 17.9 Å². The highest BCUT2D eigenvalue weighted by molar-refractivity contribution is 7.89. The third-order valence-corrected chi connectivity index (χ3v) is 5.40. The Labute approximate surface area is 150 Å². The van der Waals surface area contributed by atoms with E-state index in [2.05, 4.69) is 10.0 Å². The molecule has 2 N–H and O–H groups in total. The number of para-hydroxylation sites is 1. The Balaban J connectivity index is 1.94. The highest BCUT2D eigenvalue weighted by Gasteiger charge is 2.22. The zero-order valence-electron chi connectivity index (χ0n) is 14.1. The molecule has 0 spiro atoms. The van der Waals surface area contributed by atoms with Gasteiger partial charge < -0.3 is 9.73 Å². The van der Waals surface area contributed by atoms with Gasteiger partial charge >= 0.3 is 0 Å². The summed E-state index contributed by atoms with van der Waals surface area (Å²) < 4.78 is 31.6. The van der Waals surface area contributed by atoms with E-state index >= 15 is 0 Å². The number of sulfonamides is 1. The van der Waals surface area contributed by atoms with E-state index in [9.17, 15) is 18.5 Å². The Morgan fingerprint density at radius 3 is 2.54 bits per heavy atom. The van der Waals surface area contributed by atoms with Crippen LogP contribution in [0.15, 0.2) is 57.8 Å². The van der Waals surface area contributed by atoms with E-state index in [-0.39, 0.29) is 22.3 Å². The summed E-state index contributed by atoms with van der Waals surface area (Å²) in [6.45, 7) is 1.81. The smallest absolute Gasteiger partial charge is 0.293 e. The summed E-state index contributed by atoms with van der Waals surface area (Å²) in [5.41, 5.74) is 0.600. The number of nitrogens with zero attached hydrogens (tertiary/aromatic N) is 1. The molecule has 0 saturated heterocycles. The number of furan rings is 1. The van der Waals surface area contributed by atoms with Gasteiger partial charge in [-0.2, -0.15) is 0 Å². The fourth-order valence-electron chi connectivity index (χ4n) is 2.59. The molecule has 0 aliphatic carbocycles. The maximum Gasteiger partial charge on any atom is 0.293 e. The molecule has 1 heterocycles. The Morgan fingerprint density at radius 1 is 1.15 bits per heavy atom. The van der Waals surface area contributed by atoms with Gasteiger partial charge in [-0.3, -0.25) is 10.1 Å². The van der Waals surface area contributed by atoms with E-state index in [4.69, 9.17) is 4.42 Å². The molecule has 0 unspecified atom stereocenters. The van der Waals surface area contributed by atoms with E-state index in [1.165, 1.54) is 19.2 Å². The molecule has 26 heavy (non-hydrogen) atoms. The van der Waals surface area contributed by atoms with Crippen LogP contribution in [0.5, 0.6) is 0 Å². The predicted molar refractivity (Wildman–Crippen MR) is 97.6 cm³/mol. The molecule has 9 heteroatoms. The van der Waals surface area contributed by atoms with Crippen molar-refractivity contribution in [3.63, 3.8) is 0 Å². The summed E-state index contributed by atoms with van der Waals surface area (Å²) >= 11 is 0. The second-order valence-corrected chi connectivity index (χ2v) is 7.58. The first-order chi connectivity index (χ1) is 12.3. The van der Waals surface area contributed by atoms with E-state index in [0.29, 0.717) is 5.76 Å². The van der Waals surface area contributed by atoms with Gasteiger partial charge in [-0.1, -0.05) is 18.2 Å². The van der Waals surface area contributed by atoms with Crippen LogP contribution in [0.1, 0.15) is 18.7 Å². The topological polar surface area (TPSA) is 114 Å². The number of nitrogens with one attached hydrogen (secondary N) is 2. The first-order valence-corrected chi connectivity index (χ1v) is 9.27. The molecular formula is C17H17N3O5S. The molecule has 136 valence electrons. The van der Waals surface area contributed by atoms with Crippen LogP contribution in [0.4, 0.5) is 11.4 Å². The summed E-state index contributed by atoms with van der Waals surface area (Å²) in [4.78, 5) is 10.6. The number of hydrogen-bond acceptors (Lipinski definition) is 6. The van der Waals surface area contributed by atoms with Gasteiger partial charge in [-0.05, 0) is 38.2 Å². The number of fused-ring (bicyclic) bond motifs is 1. The number of benzene rings is 2. The molecule has 3 aromatic rings. The third kappa shape index (κ3) is 3.39. The largest absolute Gasteiger partial charge is 0.459 e. The van der Waals surface area contributed by atoms with Crippen molar-refractivity contribution in [1.29, 1.82) is 0 Å². The third-order valence-electron chi connectivity index (χ3n) is 3.99. The molecule has 0 saturated carbocycles. The summed E-state index contributed by atoms with van der Waals surface area (Å²) in [7, 11) is -2.52. The van der Waals surface area contributed by atoms with E-state index in [0.717, 1.165) is 17.0 Å². The highest BCUT2D eigenvalue weighted by atomic mass is 32.2. The number of hydrogen-bond donors (Lipinski definition) is 2. The van der Waals surface area contributed by atoms with Gasteiger partial charge in [0.05, 0.1) is 15.9 Å². The molecule has 0 fully saturated rings. The fourth-order valence-corrected chi connectivity index (χ4v) is 3.34. The average molecular weight is 375 g/mol. The minimum absolute atomic E-state index is 0.173. The maximum absolute atomic E-state index is 11.9. The van der Waals surface area contributed by atoms with Crippen LogP contribution in [0.2, 0.25) is 0 Å². The molecule has 1 atom stereocenters. The lowest BCUT2D eigenvalue weighted by Gasteiger charge is -2.13. The standard InChI is InChI=1S/C17H17N3O5S/c1-11(17-9-12-5-3-4-6-16(12)25-17)19-14-8-7-13(26(23,24)18-2)10-15(14)20(21)22/h3-11,18-19H,1-2H3/t11-/m0/s1. The van der Waals surface area contributed by atoms with Crippen molar-refractivity contribution in [2.75, 3.05) is 12.4 Å². The van der Waals surface area contributed by atoms with Crippen LogP contribution in [0.25, 0.3) is 11.0 Å². The molecule has 2 aromatic carbocycles. The van der Waals surface area contributed by atoms with E-state index < -0.39 is 14.9 Å². The molecule has 1 aromatic heterocycles. The Bertz CT molecular complexity index is 1040. The van der Waals surface area contributed by atoms with Gasteiger partial charge in [-0.15, -0.1) is 0 Å². The molecular weight excluding hydrogens is 358 g/mol. The van der Waals surface area contributed by atoms with E-state index in [1.807, 2.05) is 30.3 Å². The Morgan fingerprint density at radius 2 is 1.88 bits per heavy atom. The van der Waals surface area contributed by atoms with Crippen LogP contribution in [-0.4, -0.2) is 20.4 Å². The molecule has 0 aliphatic heterocycles. The number of nitro benzene ring substituents is 1. The van der Waals surface area contributed by atoms with Crippen molar-refractivity contribution >= 4 is 32.4 Å². The first-order valence-electron chi connectivity index (χ1n) is 7.79. The highest BCUT2D eigenvalue weighted by Crippen LogP contribution is 2.32. The molecule has 8 nitrogen and oxygen atoms in total. The van der Waals surface area contributed by atoms with Gasteiger partial charge in [0, 0.05) is 11.5 Å². The van der Waals surface area contributed by atoms with Gasteiger partial charge in [0.15, 0.2) is 0 Å². The minimum atomic E-state index is -3.77. The van der Waals surface area contributed by atoms with Crippen LogP contribution in [0, 0.1) is 10.1 Å². The predicted octanol–water partition coefficient (Wildman–Crippen LogP) is 3.42. The average Bonchev–Trinajstić information content (AvgIpc) is 3.06. The van der Waals surface area contributed by atoms with E-state index in [1.54, 1.807) is 6.92 Å². The lowest BCUT2D eigenvalue weighted by Crippen LogP contribution is -2.19. The van der Waals surface area contributed by atoms with Crippen LogP contribution in [-0.2, 0) is 10.0 Å². The Kier molecular flexibility index (Phi) is 4.66. The number of anilines is 1. The molecule has 0 radical (unpaired) electrons. The maximum atomic E-state index is 11.9. The summed E-state index contributed by atoms with van der Waals surface area (Å²) in [5, 5.41) is 15.3. The van der Waals surface area contributed by atoms with Crippen LogP contribution >= 0.6 is 0 Å². The molecule has 0 amide bonds. The number of rotatable bonds is 6. The second kappa shape index (κ2) is 6.77. The molecule has 3 rings (SSSR count). The fraction of sp³-hybridized carbons (Fsp3) is 0.176. The monoisotopic (exact) mass is 375 g/mol.